The van der Waals surface area contributed by atoms with E-state index in [9.17, 15) is 0 Å². The Labute approximate surface area is 126 Å². The van der Waals surface area contributed by atoms with Crippen LogP contribution in [0.3, 0.4) is 0 Å². The molecule has 0 heterocycles. The highest BCUT2D eigenvalue weighted by atomic mass is 15.2. The minimum absolute atomic E-state index is 0.297. The van der Waals surface area contributed by atoms with E-state index in [0.29, 0.717) is 5.54 Å². The SMILES string of the molecule is CCC1CCCC(CN)(N(C)C2CCCC(C)C2)CC1. The smallest absolute Gasteiger partial charge is 0.0331 e. The van der Waals surface area contributed by atoms with Crippen LogP contribution in [-0.2, 0) is 0 Å². The fourth-order valence-corrected chi connectivity index (χ4v) is 4.71. The van der Waals surface area contributed by atoms with Gasteiger partial charge in [-0.1, -0.05) is 46.0 Å². The number of rotatable bonds is 4. The van der Waals surface area contributed by atoms with E-state index in [1.807, 2.05) is 0 Å². The Morgan fingerprint density at radius 1 is 1.10 bits per heavy atom. The van der Waals surface area contributed by atoms with Gasteiger partial charge in [-0.15, -0.1) is 0 Å². The van der Waals surface area contributed by atoms with E-state index in [-0.39, 0.29) is 0 Å². The van der Waals surface area contributed by atoms with Crippen molar-refractivity contribution in [3.05, 3.63) is 0 Å². The minimum Gasteiger partial charge on any atom is -0.329 e. The summed E-state index contributed by atoms with van der Waals surface area (Å²) in [6.45, 7) is 5.63. The average Bonchev–Trinajstić information content (AvgIpc) is 2.69. The first-order chi connectivity index (χ1) is 9.61. The summed E-state index contributed by atoms with van der Waals surface area (Å²) in [4.78, 5) is 2.72. The van der Waals surface area contributed by atoms with Gasteiger partial charge in [-0.05, 0) is 51.0 Å². The monoisotopic (exact) mass is 280 g/mol. The van der Waals surface area contributed by atoms with E-state index < -0.39 is 0 Å². The Hall–Kier alpha value is -0.0800. The van der Waals surface area contributed by atoms with E-state index in [1.54, 1.807) is 0 Å². The van der Waals surface area contributed by atoms with E-state index in [2.05, 4.69) is 25.8 Å². The predicted octanol–water partition coefficient (Wildman–Crippen LogP) is 4.18. The lowest BCUT2D eigenvalue weighted by Gasteiger charge is -2.47. The van der Waals surface area contributed by atoms with Crippen molar-refractivity contribution < 1.29 is 0 Å². The van der Waals surface area contributed by atoms with Gasteiger partial charge in [0.05, 0.1) is 0 Å². The quantitative estimate of drug-likeness (QED) is 0.783. The first-order valence-electron chi connectivity index (χ1n) is 9.04. The van der Waals surface area contributed by atoms with Gasteiger partial charge < -0.3 is 5.73 Å². The highest BCUT2D eigenvalue weighted by molar-refractivity contribution is 4.96. The van der Waals surface area contributed by atoms with Crippen molar-refractivity contribution >= 4 is 0 Å². The zero-order chi connectivity index (χ0) is 14.6. The number of nitrogens with zero attached hydrogens (tertiary/aromatic N) is 1. The zero-order valence-corrected chi connectivity index (χ0v) is 14.0. The number of hydrogen-bond acceptors (Lipinski definition) is 2. The van der Waals surface area contributed by atoms with Crippen LogP contribution < -0.4 is 5.73 Å². The van der Waals surface area contributed by atoms with Crippen molar-refractivity contribution in [3.63, 3.8) is 0 Å². The van der Waals surface area contributed by atoms with Crippen molar-refractivity contribution in [2.45, 2.75) is 89.6 Å². The standard InChI is InChI=1S/C18H36N2/c1-4-16-8-6-11-18(14-19,12-10-16)20(3)17-9-5-7-15(2)13-17/h15-17H,4-14,19H2,1-3H3. The molecule has 20 heavy (non-hydrogen) atoms. The third-order valence-corrected chi connectivity index (χ3v) is 6.43. The van der Waals surface area contributed by atoms with Crippen molar-refractivity contribution in [1.29, 1.82) is 0 Å². The third kappa shape index (κ3) is 3.57. The molecule has 4 atom stereocenters. The lowest BCUT2D eigenvalue weighted by Crippen LogP contribution is -2.56. The summed E-state index contributed by atoms with van der Waals surface area (Å²) in [5.74, 6) is 1.85. The summed E-state index contributed by atoms with van der Waals surface area (Å²) in [6, 6.07) is 0.778. The molecule has 2 aliphatic rings. The molecule has 2 aliphatic carbocycles. The molecular weight excluding hydrogens is 244 g/mol. The molecule has 0 bridgehead atoms. The fraction of sp³-hybridized carbons (Fsp3) is 1.00. The first kappa shape index (κ1) is 16.3. The molecule has 2 saturated carbocycles. The van der Waals surface area contributed by atoms with Gasteiger partial charge in [0, 0.05) is 18.1 Å². The van der Waals surface area contributed by atoms with Crippen LogP contribution in [0.15, 0.2) is 0 Å². The molecule has 2 fully saturated rings. The second-order valence-electron chi connectivity index (χ2n) is 7.67. The molecule has 0 saturated heterocycles. The lowest BCUT2D eigenvalue weighted by molar-refractivity contribution is 0.0350. The van der Waals surface area contributed by atoms with Crippen molar-refractivity contribution in [1.82, 2.24) is 4.90 Å². The van der Waals surface area contributed by atoms with Gasteiger partial charge in [-0.2, -0.15) is 0 Å². The summed E-state index contributed by atoms with van der Waals surface area (Å²) in [6.07, 6.45) is 13.8. The molecule has 2 rings (SSSR count). The number of hydrogen-bond donors (Lipinski definition) is 1. The van der Waals surface area contributed by atoms with Gasteiger partial charge in [0.25, 0.3) is 0 Å². The van der Waals surface area contributed by atoms with Gasteiger partial charge in [-0.3, -0.25) is 4.90 Å². The molecule has 2 N–H and O–H groups in total. The topological polar surface area (TPSA) is 29.3 Å². The van der Waals surface area contributed by atoms with Crippen molar-refractivity contribution in [3.8, 4) is 0 Å². The maximum Gasteiger partial charge on any atom is 0.0331 e. The molecule has 0 aromatic rings. The van der Waals surface area contributed by atoms with Crippen LogP contribution in [0.1, 0.15) is 78.1 Å². The van der Waals surface area contributed by atoms with Crippen molar-refractivity contribution in [2.24, 2.45) is 17.6 Å². The molecule has 0 radical (unpaired) electrons. The molecule has 0 aromatic heterocycles. The minimum atomic E-state index is 0.297. The molecule has 0 spiro atoms. The second-order valence-corrected chi connectivity index (χ2v) is 7.67. The van der Waals surface area contributed by atoms with Crippen LogP contribution in [0.2, 0.25) is 0 Å². The normalized spacial score (nSPS) is 39.8. The highest BCUT2D eigenvalue weighted by Crippen LogP contribution is 2.38. The van der Waals surface area contributed by atoms with Gasteiger partial charge in [-0.25, -0.2) is 0 Å². The van der Waals surface area contributed by atoms with Crippen LogP contribution in [0.4, 0.5) is 0 Å². The number of nitrogens with two attached hydrogens (primary N) is 1. The van der Waals surface area contributed by atoms with E-state index in [4.69, 9.17) is 5.73 Å². The summed E-state index contributed by atoms with van der Waals surface area (Å²) in [5, 5.41) is 0. The first-order valence-corrected chi connectivity index (χ1v) is 9.04. The predicted molar refractivity (Wildman–Crippen MR) is 87.8 cm³/mol. The number of likely N-dealkylation sites (N-methyl/N-ethyl adjacent to an activating group) is 1. The summed E-state index contributed by atoms with van der Waals surface area (Å²) in [5.41, 5.74) is 6.59. The van der Waals surface area contributed by atoms with Gasteiger partial charge in [0.2, 0.25) is 0 Å². The third-order valence-electron chi connectivity index (χ3n) is 6.43. The molecule has 0 amide bonds. The van der Waals surface area contributed by atoms with Crippen LogP contribution in [0.5, 0.6) is 0 Å². The summed E-state index contributed by atoms with van der Waals surface area (Å²) in [7, 11) is 2.38. The Kier molecular flexibility index (Phi) is 5.92. The maximum absolute atomic E-state index is 6.30. The van der Waals surface area contributed by atoms with E-state index >= 15 is 0 Å². The molecule has 0 aliphatic heterocycles. The second kappa shape index (κ2) is 7.26. The Morgan fingerprint density at radius 2 is 1.90 bits per heavy atom. The van der Waals surface area contributed by atoms with Crippen LogP contribution in [0, 0.1) is 11.8 Å². The van der Waals surface area contributed by atoms with Crippen LogP contribution in [0.25, 0.3) is 0 Å². The van der Waals surface area contributed by atoms with Gasteiger partial charge in [0.1, 0.15) is 0 Å². The molecule has 2 heteroatoms. The average molecular weight is 281 g/mol. The lowest BCUT2D eigenvalue weighted by atomic mass is 9.81. The fourth-order valence-electron chi connectivity index (χ4n) is 4.71. The molecule has 4 unspecified atom stereocenters. The molecule has 118 valence electrons. The van der Waals surface area contributed by atoms with Gasteiger partial charge in [0.15, 0.2) is 0 Å². The van der Waals surface area contributed by atoms with E-state index in [0.717, 1.165) is 24.4 Å². The van der Waals surface area contributed by atoms with Crippen LogP contribution >= 0.6 is 0 Å². The molecule has 2 nitrogen and oxygen atoms in total. The zero-order valence-electron chi connectivity index (χ0n) is 14.0. The van der Waals surface area contributed by atoms with Crippen LogP contribution in [-0.4, -0.2) is 30.1 Å². The largest absolute Gasteiger partial charge is 0.329 e. The van der Waals surface area contributed by atoms with Crippen molar-refractivity contribution in [2.75, 3.05) is 13.6 Å². The Morgan fingerprint density at radius 3 is 2.55 bits per heavy atom. The highest BCUT2D eigenvalue weighted by Gasteiger charge is 2.39. The Balaban J connectivity index is 2.04. The maximum atomic E-state index is 6.30. The molecular formula is C18H36N2. The summed E-state index contributed by atoms with van der Waals surface area (Å²) < 4.78 is 0. The van der Waals surface area contributed by atoms with Gasteiger partial charge >= 0.3 is 0 Å². The molecule has 0 aromatic carbocycles. The summed E-state index contributed by atoms with van der Waals surface area (Å²) >= 11 is 0. The van der Waals surface area contributed by atoms with E-state index in [1.165, 1.54) is 64.2 Å². The Bertz CT molecular complexity index is 291.